The predicted octanol–water partition coefficient (Wildman–Crippen LogP) is 1.38. The molecule has 0 aliphatic carbocycles. The summed E-state index contributed by atoms with van der Waals surface area (Å²) in [6.45, 7) is 2.65. The predicted molar refractivity (Wildman–Crippen MR) is 100 cm³/mol. The summed E-state index contributed by atoms with van der Waals surface area (Å²) in [5, 5.41) is 11.9. The Morgan fingerprint density at radius 1 is 1.24 bits per heavy atom. The van der Waals surface area contributed by atoms with Crippen LogP contribution in [0.3, 0.4) is 0 Å². The third-order valence-electron chi connectivity index (χ3n) is 4.51. The van der Waals surface area contributed by atoms with Crippen molar-refractivity contribution in [2.24, 2.45) is 0 Å². The summed E-state index contributed by atoms with van der Waals surface area (Å²) in [4.78, 5) is 14.1. The number of nitrogens with zero attached hydrogens (tertiary/aromatic N) is 5. The molecule has 0 unspecified atom stereocenters. The van der Waals surface area contributed by atoms with E-state index in [1.165, 1.54) is 4.68 Å². The Morgan fingerprint density at radius 3 is 2.86 bits per heavy atom. The Hall–Kier alpha value is -3.40. The standard InChI is InChI=1S/C19H21N5O5/c1-26-15-2-3-16(17-4-5-20-29-17)18(10-15)28-13-14-11-24(22-21-14)12-19(25)23-6-8-27-9-7-23/h2-5,10-11H,6-9,12-13H2,1H3. The van der Waals surface area contributed by atoms with Crippen molar-refractivity contribution < 1.29 is 23.5 Å². The highest BCUT2D eigenvalue weighted by Gasteiger charge is 2.18. The zero-order valence-corrected chi connectivity index (χ0v) is 16.0. The van der Waals surface area contributed by atoms with E-state index in [1.807, 2.05) is 12.1 Å². The molecular weight excluding hydrogens is 378 g/mol. The average Bonchev–Trinajstić information content (AvgIpc) is 3.45. The van der Waals surface area contributed by atoms with E-state index in [-0.39, 0.29) is 19.1 Å². The molecule has 0 spiro atoms. The fourth-order valence-electron chi connectivity index (χ4n) is 2.99. The summed E-state index contributed by atoms with van der Waals surface area (Å²) in [7, 11) is 1.59. The first-order valence-corrected chi connectivity index (χ1v) is 9.19. The quantitative estimate of drug-likeness (QED) is 0.587. The van der Waals surface area contributed by atoms with Crippen LogP contribution in [0.15, 0.2) is 41.2 Å². The molecule has 1 aliphatic rings. The summed E-state index contributed by atoms with van der Waals surface area (Å²) in [5.41, 5.74) is 1.35. The van der Waals surface area contributed by atoms with E-state index >= 15 is 0 Å². The number of ether oxygens (including phenoxy) is 3. The summed E-state index contributed by atoms with van der Waals surface area (Å²) in [5.74, 6) is 1.80. The van der Waals surface area contributed by atoms with Crippen LogP contribution in [0.1, 0.15) is 5.69 Å². The van der Waals surface area contributed by atoms with Gasteiger partial charge in [0, 0.05) is 25.2 Å². The molecular formula is C19H21N5O5. The van der Waals surface area contributed by atoms with Crippen LogP contribution in [-0.2, 0) is 22.7 Å². The summed E-state index contributed by atoms with van der Waals surface area (Å²) in [6.07, 6.45) is 3.27. The minimum Gasteiger partial charge on any atom is -0.497 e. The summed E-state index contributed by atoms with van der Waals surface area (Å²) < 4.78 is 23.2. The lowest BCUT2D eigenvalue weighted by Crippen LogP contribution is -2.42. The number of amides is 1. The van der Waals surface area contributed by atoms with Crippen LogP contribution < -0.4 is 9.47 Å². The van der Waals surface area contributed by atoms with Gasteiger partial charge in [0.2, 0.25) is 5.91 Å². The second kappa shape index (κ2) is 8.74. The molecule has 0 bridgehead atoms. The first kappa shape index (κ1) is 18.9. The molecule has 3 aromatic rings. The Balaban J connectivity index is 1.41. The van der Waals surface area contributed by atoms with Gasteiger partial charge in [-0.25, -0.2) is 4.68 Å². The van der Waals surface area contributed by atoms with Crippen molar-refractivity contribution in [2.45, 2.75) is 13.2 Å². The second-order valence-electron chi connectivity index (χ2n) is 6.43. The van der Waals surface area contributed by atoms with Gasteiger partial charge in [0.05, 0.1) is 38.3 Å². The third kappa shape index (κ3) is 4.54. The van der Waals surface area contributed by atoms with Gasteiger partial charge in [-0.3, -0.25) is 4.79 Å². The molecule has 1 amide bonds. The van der Waals surface area contributed by atoms with Crippen LogP contribution in [-0.4, -0.2) is 64.4 Å². The highest BCUT2D eigenvalue weighted by molar-refractivity contribution is 5.76. The lowest BCUT2D eigenvalue weighted by atomic mass is 10.1. The van der Waals surface area contributed by atoms with E-state index in [0.717, 1.165) is 5.56 Å². The number of carbonyl (C=O) groups is 1. The number of aromatic nitrogens is 4. The fraction of sp³-hybridized carbons (Fsp3) is 0.368. The molecule has 152 valence electrons. The Kier molecular flexibility index (Phi) is 5.71. The number of benzene rings is 1. The Morgan fingerprint density at radius 2 is 2.10 bits per heavy atom. The molecule has 3 heterocycles. The maximum atomic E-state index is 12.3. The van der Waals surface area contributed by atoms with E-state index in [4.69, 9.17) is 18.7 Å². The lowest BCUT2D eigenvalue weighted by molar-refractivity contribution is -0.136. The fourth-order valence-corrected chi connectivity index (χ4v) is 2.99. The number of methoxy groups -OCH3 is 1. The highest BCUT2D eigenvalue weighted by Crippen LogP contribution is 2.33. The molecule has 0 radical (unpaired) electrons. The van der Waals surface area contributed by atoms with Crippen molar-refractivity contribution in [2.75, 3.05) is 33.4 Å². The Labute approximate surface area is 166 Å². The number of rotatable bonds is 7. The smallest absolute Gasteiger partial charge is 0.244 e. The zero-order chi connectivity index (χ0) is 20.1. The average molecular weight is 399 g/mol. The van der Waals surface area contributed by atoms with Gasteiger partial charge in [-0.1, -0.05) is 10.4 Å². The first-order valence-electron chi connectivity index (χ1n) is 9.19. The normalized spacial score (nSPS) is 14.0. The third-order valence-corrected chi connectivity index (χ3v) is 4.51. The SMILES string of the molecule is COc1ccc(-c2ccno2)c(OCc2cn(CC(=O)N3CCOCC3)nn2)c1. The van der Waals surface area contributed by atoms with Crippen molar-refractivity contribution in [1.29, 1.82) is 0 Å². The van der Waals surface area contributed by atoms with Gasteiger partial charge in [0.25, 0.3) is 0 Å². The highest BCUT2D eigenvalue weighted by atomic mass is 16.5. The summed E-state index contributed by atoms with van der Waals surface area (Å²) in [6, 6.07) is 7.18. The van der Waals surface area contributed by atoms with Crippen LogP contribution in [0, 0.1) is 0 Å². The van der Waals surface area contributed by atoms with Gasteiger partial charge in [0.1, 0.15) is 30.3 Å². The van der Waals surface area contributed by atoms with Crippen LogP contribution in [0.5, 0.6) is 11.5 Å². The molecule has 1 saturated heterocycles. The van der Waals surface area contributed by atoms with Gasteiger partial charge in [0.15, 0.2) is 5.76 Å². The molecule has 1 aliphatic heterocycles. The van der Waals surface area contributed by atoms with Gasteiger partial charge < -0.3 is 23.6 Å². The van der Waals surface area contributed by atoms with Crippen LogP contribution >= 0.6 is 0 Å². The van der Waals surface area contributed by atoms with Gasteiger partial charge in [-0.05, 0) is 12.1 Å². The van der Waals surface area contributed by atoms with Gasteiger partial charge in [-0.15, -0.1) is 5.10 Å². The Bertz CT molecular complexity index is 950. The molecule has 0 saturated carbocycles. The van der Waals surface area contributed by atoms with Crippen LogP contribution in [0.2, 0.25) is 0 Å². The minimum atomic E-state index is -0.00827. The van der Waals surface area contributed by atoms with Crippen LogP contribution in [0.4, 0.5) is 0 Å². The summed E-state index contributed by atoms with van der Waals surface area (Å²) >= 11 is 0. The van der Waals surface area contributed by atoms with E-state index in [0.29, 0.717) is 49.3 Å². The molecule has 4 rings (SSSR count). The molecule has 1 aromatic carbocycles. The van der Waals surface area contributed by atoms with Crippen molar-refractivity contribution >= 4 is 5.91 Å². The van der Waals surface area contributed by atoms with E-state index < -0.39 is 0 Å². The number of morpholine rings is 1. The molecule has 29 heavy (non-hydrogen) atoms. The first-order chi connectivity index (χ1) is 14.2. The largest absolute Gasteiger partial charge is 0.497 e. The van der Waals surface area contributed by atoms with E-state index in [2.05, 4.69) is 15.5 Å². The van der Waals surface area contributed by atoms with Crippen molar-refractivity contribution in [3.63, 3.8) is 0 Å². The number of carbonyl (C=O) groups excluding carboxylic acids is 1. The van der Waals surface area contributed by atoms with E-state index in [9.17, 15) is 4.79 Å². The van der Waals surface area contributed by atoms with Crippen molar-refractivity contribution in [1.82, 2.24) is 25.1 Å². The maximum absolute atomic E-state index is 12.3. The van der Waals surface area contributed by atoms with Gasteiger partial charge in [-0.2, -0.15) is 0 Å². The number of hydrogen-bond donors (Lipinski definition) is 0. The molecule has 2 aromatic heterocycles. The molecule has 10 nitrogen and oxygen atoms in total. The molecule has 10 heteroatoms. The maximum Gasteiger partial charge on any atom is 0.244 e. The molecule has 0 atom stereocenters. The lowest BCUT2D eigenvalue weighted by Gasteiger charge is -2.26. The monoisotopic (exact) mass is 399 g/mol. The number of hydrogen-bond acceptors (Lipinski definition) is 8. The minimum absolute atomic E-state index is 0.00827. The van der Waals surface area contributed by atoms with Gasteiger partial charge >= 0.3 is 0 Å². The zero-order valence-electron chi connectivity index (χ0n) is 16.0. The molecule has 1 fully saturated rings. The van der Waals surface area contributed by atoms with Crippen molar-refractivity contribution in [3.8, 4) is 22.8 Å². The van der Waals surface area contributed by atoms with Crippen LogP contribution in [0.25, 0.3) is 11.3 Å². The van der Waals surface area contributed by atoms with Crippen molar-refractivity contribution in [3.05, 3.63) is 42.4 Å². The molecule has 0 N–H and O–H groups in total. The van der Waals surface area contributed by atoms with E-state index in [1.54, 1.807) is 36.5 Å². The topological polar surface area (TPSA) is 105 Å². The second-order valence-corrected chi connectivity index (χ2v) is 6.43.